The number of carbonyl (C=O) groups excluding carboxylic acids is 1. The highest BCUT2D eigenvalue weighted by Gasteiger charge is 2.11. The summed E-state index contributed by atoms with van der Waals surface area (Å²) in [6.07, 6.45) is 4.39. The van der Waals surface area contributed by atoms with Crippen molar-refractivity contribution in [3.63, 3.8) is 0 Å². The topological polar surface area (TPSA) is 113 Å². The molecule has 158 valence electrons. The maximum atomic E-state index is 12.0. The van der Waals surface area contributed by atoms with Crippen molar-refractivity contribution in [1.29, 1.82) is 0 Å². The first-order chi connectivity index (χ1) is 13.3. The molecule has 0 bridgehead atoms. The summed E-state index contributed by atoms with van der Waals surface area (Å²) in [7, 11) is -3.24. The largest absolute Gasteiger partial charge is 0.357 e. The summed E-state index contributed by atoms with van der Waals surface area (Å²) in [5.41, 5.74) is 2.18. The monoisotopic (exact) mass is 531 g/mol. The van der Waals surface area contributed by atoms with Crippen LogP contribution in [-0.4, -0.2) is 44.6 Å². The molecule has 0 saturated carbocycles. The molecular formula is C19H26IN5O3S. The number of guanidine groups is 1. The normalized spacial score (nSPS) is 11.3. The van der Waals surface area contributed by atoms with Crippen molar-refractivity contribution in [2.45, 2.75) is 25.3 Å². The average Bonchev–Trinajstić information content (AvgIpc) is 2.64. The molecule has 2 aromatic rings. The van der Waals surface area contributed by atoms with E-state index in [0.717, 1.165) is 5.56 Å². The Morgan fingerprint density at radius 3 is 2.55 bits per heavy atom. The van der Waals surface area contributed by atoms with E-state index in [1.165, 1.54) is 6.26 Å². The van der Waals surface area contributed by atoms with Gasteiger partial charge in [0, 0.05) is 19.0 Å². The van der Waals surface area contributed by atoms with Gasteiger partial charge < -0.3 is 16.0 Å². The number of sulfone groups is 1. The van der Waals surface area contributed by atoms with E-state index in [1.54, 1.807) is 49.6 Å². The second-order valence-corrected chi connectivity index (χ2v) is 8.19. The van der Waals surface area contributed by atoms with E-state index in [2.05, 4.69) is 25.9 Å². The fraction of sp³-hybridized carbons (Fsp3) is 0.316. The molecule has 0 fully saturated rings. The molecule has 0 atom stereocenters. The lowest BCUT2D eigenvalue weighted by molar-refractivity contribution is -0.115. The van der Waals surface area contributed by atoms with Gasteiger partial charge in [-0.2, -0.15) is 0 Å². The van der Waals surface area contributed by atoms with Crippen LogP contribution in [0.2, 0.25) is 0 Å². The molecule has 2 rings (SSSR count). The van der Waals surface area contributed by atoms with Gasteiger partial charge >= 0.3 is 0 Å². The van der Waals surface area contributed by atoms with Crippen LogP contribution in [0.1, 0.15) is 18.1 Å². The van der Waals surface area contributed by atoms with Crippen molar-refractivity contribution in [3.8, 4) is 0 Å². The van der Waals surface area contributed by atoms with E-state index in [4.69, 9.17) is 0 Å². The molecule has 1 aromatic heterocycles. The lowest BCUT2D eigenvalue weighted by atomic mass is 10.1. The number of pyridine rings is 1. The molecule has 0 unspecified atom stereocenters. The van der Waals surface area contributed by atoms with Crippen LogP contribution in [0.15, 0.2) is 52.6 Å². The summed E-state index contributed by atoms with van der Waals surface area (Å²) >= 11 is 0. The zero-order chi connectivity index (χ0) is 20.6. The summed E-state index contributed by atoms with van der Waals surface area (Å²) in [6.45, 7) is 4.73. The van der Waals surface area contributed by atoms with Crippen LogP contribution < -0.4 is 16.0 Å². The molecule has 0 aliphatic rings. The van der Waals surface area contributed by atoms with E-state index in [0.29, 0.717) is 35.2 Å². The zero-order valence-electron chi connectivity index (χ0n) is 16.6. The van der Waals surface area contributed by atoms with Crippen molar-refractivity contribution in [3.05, 3.63) is 53.9 Å². The number of rotatable bonds is 7. The Kier molecular flexibility index (Phi) is 10.0. The summed E-state index contributed by atoms with van der Waals surface area (Å²) < 4.78 is 23.4. The maximum absolute atomic E-state index is 12.0. The van der Waals surface area contributed by atoms with Gasteiger partial charge in [0.1, 0.15) is 0 Å². The second kappa shape index (κ2) is 11.7. The molecule has 3 N–H and O–H groups in total. The average molecular weight is 531 g/mol. The van der Waals surface area contributed by atoms with Gasteiger partial charge in [0.2, 0.25) is 5.91 Å². The number of aliphatic imine (C=N–C) groups is 1. The van der Waals surface area contributed by atoms with E-state index < -0.39 is 9.84 Å². The number of benzene rings is 1. The lowest BCUT2D eigenvalue weighted by Gasteiger charge is -2.12. The smallest absolute Gasteiger partial charge is 0.243 e. The van der Waals surface area contributed by atoms with Gasteiger partial charge in [-0.15, -0.1) is 24.0 Å². The molecule has 1 heterocycles. The van der Waals surface area contributed by atoms with Crippen molar-refractivity contribution >= 4 is 51.4 Å². The van der Waals surface area contributed by atoms with Crippen LogP contribution in [0.25, 0.3) is 0 Å². The quantitative estimate of drug-likeness (QED) is 0.287. The van der Waals surface area contributed by atoms with Crippen LogP contribution >= 0.6 is 24.0 Å². The molecule has 0 aliphatic heterocycles. The van der Waals surface area contributed by atoms with Crippen molar-refractivity contribution in [2.24, 2.45) is 4.99 Å². The van der Waals surface area contributed by atoms with Crippen LogP contribution in [-0.2, 0) is 21.2 Å². The number of hydrogen-bond donors (Lipinski definition) is 3. The number of anilines is 1. The number of halogens is 1. The van der Waals surface area contributed by atoms with Crippen LogP contribution in [0.3, 0.4) is 0 Å². The lowest BCUT2D eigenvalue weighted by Crippen LogP contribution is -2.41. The Morgan fingerprint density at radius 1 is 1.21 bits per heavy atom. The highest BCUT2D eigenvalue weighted by molar-refractivity contribution is 14.0. The highest BCUT2D eigenvalue weighted by Crippen LogP contribution is 2.17. The number of nitrogens with one attached hydrogen (secondary N) is 3. The third-order valence-corrected chi connectivity index (χ3v) is 5.02. The molecule has 0 radical (unpaired) electrons. The molecular weight excluding hydrogens is 505 g/mol. The minimum absolute atomic E-state index is 0. The van der Waals surface area contributed by atoms with E-state index in [1.807, 2.05) is 6.92 Å². The maximum Gasteiger partial charge on any atom is 0.243 e. The Balaban J connectivity index is 0.00000420. The summed E-state index contributed by atoms with van der Waals surface area (Å²) in [6, 6.07) is 8.64. The van der Waals surface area contributed by atoms with Gasteiger partial charge in [0.15, 0.2) is 15.8 Å². The van der Waals surface area contributed by atoms with E-state index in [9.17, 15) is 13.2 Å². The van der Waals surface area contributed by atoms with Gasteiger partial charge in [-0.1, -0.05) is 12.1 Å². The van der Waals surface area contributed by atoms with Crippen LogP contribution in [0.4, 0.5) is 5.69 Å². The fourth-order valence-corrected chi connectivity index (χ4v) is 3.50. The first-order valence-electron chi connectivity index (χ1n) is 8.81. The third-order valence-electron chi connectivity index (χ3n) is 3.76. The second-order valence-electron chi connectivity index (χ2n) is 6.21. The van der Waals surface area contributed by atoms with Gasteiger partial charge in [-0.05, 0) is 43.2 Å². The van der Waals surface area contributed by atoms with Gasteiger partial charge in [0.05, 0.1) is 29.9 Å². The molecule has 8 nitrogen and oxygen atoms in total. The predicted octanol–water partition coefficient (Wildman–Crippen LogP) is 2.11. The van der Waals surface area contributed by atoms with Gasteiger partial charge in [-0.3, -0.25) is 9.78 Å². The highest BCUT2D eigenvalue weighted by atomic mass is 127. The van der Waals surface area contributed by atoms with Gasteiger partial charge in [0.25, 0.3) is 0 Å². The first kappa shape index (κ1) is 24.8. The summed E-state index contributed by atoms with van der Waals surface area (Å²) in [5.74, 6) is 0.278. The van der Waals surface area contributed by atoms with Crippen LogP contribution in [0, 0.1) is 6.92 Å². The van der Waals surface area contributed by atoms with Crippen molar-refractivity contribution in [2.75, 3.05) is 24.7 Å². The number of hydrogen-bond acceptors (Lipinski definition) is 5. The Morgan fingerprint density at radius 2 is 1.97 bits per heavy atom. The number of aromatic nitrogens is 1. The minimum Gasteiger partial charge on any atom is -0.357 e. The fourth-order valence-electron chi connectivity index (χ4n) is 2.54. The standard InChI is InChI=1S/C19H25N5O3S.HI/c1-4-21-19(23-13-18(25)24-16-6-5-9-20-12-16)22-11-15-7-8-17(14(2)10-15)28(3,26)27;/h5-10,12H,4,11,13H2,1-3H3,(H,24,25)(H2,21,22,23);1H. The Bertz CT molecular complexity index is 950. The van der Waals surface area contributed by atoms with E-state index >= 15 is 0 Å². The number of carbonyl (C=O) groups is 1. The molecule has 1 aromatic carbocycles. The molecule has 0 aliphatic carbocycles. The number of amides is 1. The molecule has 0 spiro atoms. The summed E-state index contributed by atoms with van der Waals surface area (Å²) in [4.78, 5) is 20.7. The molecule has 1 amide bonds. The SMILES string of the molecule is CCNC(=NCc1ccc(S(C)(=O)=O)c(C)c1)NCC(=O)Nc1cccnc1.I. The minimum atomic E-state index is -3.24. The zero-order valence-corrected chi connectivity index (χ0v) is 19.7. The van der Waals surface area contributed by atoms with Crippen LogP contribution in [0.5, 0.6) is 0 Å². The van der Waals surface area contributed by atoms with Crippen molar-refractivity contribution in [1.82, 2.24) is 15.6 Å². The number of aryl methyl sites for hydroxylation is 1. The van der Waals surface area contributed by atoms with E-state index in [-0.39, 0.29) is 36.4 Å². The summed E-state index contributed by atoms with van der Waals surface area (Å²) in [5, 5.41) is 8.78. The molecule has 0 saturated heterocycles. The Hall–Kier alpha value is -2.21. The molecule has 10 heteroatoms. The van der Waals surface area contributed by atoms with Gasteiger partial charge in [-0.25, -0.2) is 13.4 Å². The molecule has 29 heavy (non-hydrogen) atoms. The number of nitrogens with zero attached hydrogens (tertiary/aromatic N) is 2. The van der Waals surface area contributed by atoms with Crippen molar-refractivity contribution < 1.29 is 13.2 Å². The Labute approximate surface area is 188 Å². The third kappa shape index (κ3) is 8.36. The first-order valence-corrected chi connectivity index (χ1v) is 10.7. The predicted molar refractivity (Wildman–Crippen MR) is 125 cm³/mol.